The maximum Gasteiger partial charge on any atom is 0.316 e. The molecule has 1 aliphatic heterocycles. The van der Waals surface area contributed by atoms with E-state index in [2.05, 4.69) is 14.9 Å². The molecule has 8 heteroatoms. The van der Waals surface area contributed by atoms with Crippen LogP contribution < -0.4 is 11.1 Å². The number of nitrogens with zero attached hydrogens (tertiary/aromatic N) is 4. The summed E-state index contributed by atoms with van der Waals surface area (Å²) < 4.78 is 1.42. The van der Waals surface area contributed by atoms with Crippen LogP contribution in [0.5, 0.6) is 0 Å². The molecular weight excluding hydrogens is 370 g/mol. The molecule has 0 saturated carbocycles. The van der Waals surface area contributed by atoms with Crippen LogP contribution in [0, 0.1) is 0 Å². The van der Waals surface area contributed by atoms with Crippen LogP contribution >= 0.6 is 0 Å². The number of benzene rings is 1. The fourth-order valence-electron chi connectivity index (χ4n) is 3.76. The first kappa shape index (κ1) is 19.1. The zero-order valence-electron chi connectivity index (χ0n) is 16.3. The van der Waals surface area contributed by atoms with E-state index in [0.717, 1.165) is 19.6 Å². The number of amides is 1. The minimum absolute atomic E-state index is 0.0643. The number of carbonyl (C=O) groups is 1. The Balaban J connectivity index is 1.49. The lowest BCUT2D eigenvalue weighted by Crippen LogP contribution is -2.48. The molecule has 3 aromatic rings. The summed E-state index contributed by atoms with van der Waals surface area (Å²) >= 11 is 0. The minimum atomic E-state index is -0.673. The molecule has 1 N–H and O–H groups in total. The molecule has 8 nitrogen and oxygen atoms in total. The maximum absolute atomic E-state index is 13.0. The van der Waals surface area contributed by atoms with Crippen LogP contribution in [-0.4, -0.2) is 56.4 Å². The van der Waals surface area contributed by atoms with E-state index in [0.29, 0.717) is 36.2 Å². The lowest BCUT2D eigenvalue weighted by Gasteiger charge is -2.34. The van der Waals surface area contributed by atoms with Crippen LogP contribution in [0.3, 0.4) is 0 Å². The molecule has 2 aromatic heterocycles. The number of nitrogens with one attached hydrogen (secondary N) is 1. The van der Waals surface area contributed by atoms with E-state index in [9.17, 15) is 14.4 Å². The molecule has 29 heavy (non-hydrogen) atoms. The Morgan fingerprint density at radius 1 is 1.07 bits per heavy atom. The van der Waals surface area contributed by atoms with E-state index in [4.69, 9.17) is 0 Å². The van der Waals surface area contributed by atoms with Crippen LogP contribution in [0.15, 0.2) is 52.3 Å². The summed E-state index contributed by atoms with van der Waals surface area (Å²) in [5, 5.41) is 0. The Bertz CT molecular complexity index is 1140. The Morgan fingerprint density at radius 2 is 1.79 bits per heavy atom. The van der Waals surface area contributed by atoms with Crippen molar-refractivity contribution in [2.24, 2.45) is 0 Å². The van der Waals surface area contributed by atoms with Crippen molar-refractivity contribution in [3.63, 3.8) is 0 Å². The number of hydrogen-bond acceptors (Lipinski definition) is 5. The van der Waals surface area contributed by atoms with Crippen molar-refractivity contribution in [3.8, 4) is 0 Å². The minimum Gasteiger partial charge on any atom is -0.336 e. The van der Waals surface area contributed by atoms with Crippen LogP contribution in [0.25, 0.3) is 11.0 Å². The largest absolute Gasteiger partial charge is 0.336 e. The van der Waals surface area contributed by atoms with Gasteiger partial charge < -0.3 is 14.5 Å². The van der Waals surface area contributed by atoms with Gasteiger partial charge in [-0.15, -0.1) is 0 Å². The van der Waals surface area contributed by atoms with Gasteiger partial charge in [0.1, 0.15) is 0 Å². The summed E-state index contributed by atoms with van der Waals surface area (Å²) in [6, 6.07) is 9.11. The monoisotopic (exact) mass is 393 g/mol. The second-order valence-electron chi connectivity index (χ2n) is 7.16. The highest BCUT2D eigenvalue weighted by Crippen LogP contribution is 2.15. The quantitative estimate of drug-likeness (QED) is 0.670. The summed E-state index contributed by atoms with van der Waals surface area (Å²) in [6.45, 7) is 5.94. The molecule has 0 unspecified atom stereocenters. The van der Waals surface area contributed by atoms with Gasteiger partial charge in [-0.25, -0.2) is 0 Å². The fourth-order valence-corrected chi connectivity index (χ4v) is 3.76. The number of aryl methyl sites for hydroxylation is 1. The average molecular weight is 393 g/mol. The molecule has 1 aromatic carbocycles. The molecule has 0 radical (unpaired) electrons. The van der Waals surface area contributed by atoms with Gasteiger partial charge in [-0.05, 0) is 42.8 Å². The van der Waals surface area contributed by atoms with Crippen molar-refractivity contribution < 1.29 is 4.79 Å². The molecule has 0 atom stereocenters. The number of carbonyl (C=O) groups excluding carboxylic acids is 1. The van der Waals surface area contributed by atoms with Crippen LogP contribution in [0.2, 0.25) is 0 Å². The molecule has 1 amide bonds. The van der Waals surface area contributed by atoms with Crippen molar-refractivity contribution in [1.29, 1.82) is 0 Å². The molecule has 3 heterocycles. The van der Waals surface area contributed by atoms with Gasteiger partial charge in [-0.1, -0.05) is 0 Å². The molecule has 0 spiro atoms. The summed E-state index contributed by atoms with van der Waals surface area (Å²) in [5.41, 5.74) is 1.59. The standard InChI is InChI=1S/C21H23N5O3/c1-2-26-18-4-3-16(13-17(18)23-19(27)21(26)29)20(28)25-11-9-24(10-12-25)14-15-5-7-22-8-6-15/h3-8,13H,2,9-12,14H2,1H3,(H,23,27). The van der Waals surface area contributed by atoms with E-state index < -0.39 is 11.1 Å². The number of hydrogen-bond donors (Lipinski definition) is 1. The zero-order valence-corrected chi connectivity index (χ0v) is 16.3. The molecule has 4 rings (SSSR count). The van der Waals surface area contributed by atoms with E-state index in [-0.39, 0.29) is 5.91 Å². The summed E-state index contributed by atoms with van der Waals surface area (Å²) in [7, 11) is 0. The smallest absolute Gasteiger partial charge is 0.316 e. The van der Waals surface area contributed by atoms with Crippen LogP contribution in [0.1, 0.15) is 22.8 Å². The molecule has 0 aliphatic carbocycles. The molecule has 1 saturated heterocycles. The van der Waals surface area contributed by atoms with E-state index in [1.54, 1.807) is 30.6 Å². The first-order valence-electron chi connectivity index (χ1n) is 9.74. The van der Waals surface area contributed by atoms with Crippen molar-refractivity contribution in [1.82, 2.24) is 24.3 Å². The Hall–Kier alpha value is -3.26. The second kappa shape index (κ2) is 8.00. The highest BCUT2D eigenvalue weighted by atomic mass is 16.2. The normalized spacial score (nSPS) is 15.0. The molecule has 150 valence electrons. The van der Waals surface area contributed by atoms with Crippen molar-refractivity contribution >= 4 is 16.9 Å². The maximum atomic E-state index is 13.0. The van der Waals surface area contributed by atoms with Gasteiger partial charge in [-0.3, -0.25) is 24.3 Å². The SMILES string of the molecule is CCn1c(=O)c(=O)[nH]c2cc(C(=O)N3CCN(Cc4ccncc4)CC3)ccc21. The Kier molecular flexibility index (Phi) is 5.26. The van der Waals surface area contributed by atoms with Gasteiger partial charge in [0.05, 0.1) is 11.0 Å². The van der Waals surface area contributed by atoms with Crippen LogP contribution in [-0.2, 0) is 13.1 Å². The molecule has 0 bridgehead atoms. The topological polar surface area (TPSA) is 91.3 Å². The third-order valence-electron chi connectivity index (χ3n) is 5.35. The third-order valence-corrected chi connectivity index (χ3v) is 5.35. The van der Waals surface area contributed by atoms with Gasteiger partial charge >= 0.3 is 11.1 Å². The summed E-state index contributed by atoms with van der Waals surface area (Å²) in [4.78, 5) is 47.6. The summed E-state index contributed by atoms with van der Waals surface area (Å²) in [6.07, 6.45) is 3.58. The zero-order chi connectivity index (χ0) is 20.4. The van der Waals surface area contributed by atoms with Gasteiger partial charge in [0.15, 0.2) is 0 Å². The van der Waals surface area contributed by atoms with Gasteiger partial charge in [0, 0.05) is 57.2 Å². The van der Waals surface area contributed by atoms with E-state index in [1.807, 2.05) is 24.0 Å². The van der Waals surface area contributed by atoms with Crippen molar-refractivity contribution in [2.45, 2.75) is 20.0 Å². The number of rotatable bonds is 4. The second-order valence-corrected chi connectivity index (χ2v) is 7.16. The average Bonchev–Trinajstić information content (AvgIpc) is 2.75. The molecule has 1 fully saturated rings. The number of pyridine rings is 1. The lowest BCUT2D eigenvalue weighted by atomic mass is 10.1. The summed E-state index contributed by atoms with van der Waals surface area (Å²) in [5.74, 6) is -0.0643. The van der Waals surface area contributed by atoms with Crippen molar-refractivity contribution in [2.75, 3.05) is 26.2 Å². The number of aromatic nitrogens is 3. The number of piperazine rings is 1. The third kappa shape index (κ3) is 3.84. The van der Waals surface area contributed by atoms with Gasteiger partial charge in [0.2, 0.25) is 0 Å². The fraction of sp³-hybridized carbons (Fsp3) is 0.333. The Labute approximate surface area is 167 Å². The highest BCUT2D eigenvalue weighted by Gasteiger charge is 2.22. The van der Waals surface area contributed by atoms with Crippen LogP contribution in [0.4, 0.5) is 0 Å². The lowest BCUT2D eigenvalue weighted by molar-refractivity contribution is 0.0628. The molecule has 1 aliphatic rings. The number of fused-ring (bicyclic) bond motifs is 1. The van der Waals surface area contributed by atoms with Crippen molar-refractivity contribution in [3.05, 3.63) is 74.6 Å². The Morgan fingerprint density at radius 3 is 2.48 bits per heavy atom. The number of H-pyrrole nitrogens is 1. The first-order valence-corrected chi connectivity index (χ1v) is 9.74. The van der Waals surface area contributed by atoms with Gasteiger partial charge in [-0.2, -0.15) is 0 Å². The predicted octanol–water partition coefficient (Wildman–Crippen LogP) is 1.06. The van der Waals surface area contributed by atoms with E-state index in [1.165, 1.54) is 10.1 Å². The predicted molar refractivity (Wildman–Crippen MR) is 110 cm³/mol. The number of aromatic amines is 1. The molecular formula is C21H23N5O3. The van der Waals surface area contributed by atoms with Gasteiger partial charge in [0.25, 0.3) is 5.91 Å². The first-order chi connectivity index (χ1) is 14.1. The van der Waals surface area contributed by atoms with E-state index >= 15 is 0 Å². The highest BCUT2D eigenvalue weighted by molar-refractivity contribution is 5.97.